The van der Waals surface area contributed by atoms with Gasteiger partial charge in [0.15, 0.2) is 0 Å². The summed E-state index contributed by atoms with van der Waals surface area (Å²) in [5.41, 5.74) is 4.70. The molecule has 2 aromatic carbocycles. The van der Waals surface area contributed by atoms with Gasteiger partial charge in [-0.05, 0) is 62.4 Å². The van der Waals surface area contributed by atoms with Crippen LogP contribution in [0.5, 0.6) is 0 Å². The van der Waals surface area contributed by atoms with Crippen LogP contribution in [0.2, 0.25) is 0 Å². The molecule has 43 heavy (non-hydrogen) atoms. The summed E-state index contributed by atoms with van der Waals surface area (Å²) in [5.74, 6) is 0.0833. The number of aryl methyl sites for hydroxylation is 2. The van der Waals surface area contributed by atoms with Crippen LogP contribution in [0.15, 0.2) is 70.3 Å². The molecule has 1 atom stereocenters. The number of hydrogen-bond donors (Lipinski definition) is 2. The van der Waals surface area contributed by atoms with Crippen molar-refractivity contribution in [2.45, 2.75) is 43.7 Å². The number of piperazine rings is 1. The van der Waals surface area contributed by atoms with Crippen molar-refractivity contribution in [2.24, 2.45) is 0 Å². The molecule has 2 fully saturated rings. The van der Waals surface area contributed by atoms with Gasteiger partial charge in [-0.15, -0.1) is 4.83 Å². The molecule has 3 aliphatic rings. The van der Waals surface area contributed by atoms with Gasteiger partial charge in [-0.2, -0.15) is 0 Å². The van der Waals surface area contributed by atoms with Crippen LogP contribution in [0.25, 0.3) is 10.9 Å². The Hall–Kier alpha value is -3.64. The zero-order valence-corrected chi connectivity index (χ0v) is 25.3. The van der Waals surface area contributed by atoms with E-state index in [1.165, 1.54) is 17.1 Å². The first-order valence-electron chi connectivity index (χ1n) is 15.2. The molecule has 1 unspecified atom stereocenters. The summed E-state index contributed by atoms with van der Waals surface area (Å²) in [6, 6.07) is 17.9. The summed E-state index contributed by atoms with van der Waals surface area (Å²) in [6.07, 6.45) is 5.60. The highest BCUT2D eigenvalue weighted by molar-refractivity contribution is 7.89. The monoisotopic (exact) mass is 602 g/mol. The van der Waals surface area contributed by atoms with Crippen LogP contribution in [-0.4, -0.2) is 81.1 Å². The van der Waals surface area contributed by atoms with E-state index in [4.69, 9.17) is 4.42 Å². The lowest BCUT2D eigenvalue weighted by molar-refractivity contribution is 0.0961. The normalized spacial score (nSPS) is 20.2. The fourth-order valence-corrected chi connectivity index (χ4v) is 7.94. The highest BCUT2D eigenvalue weighted by Gasteiger charge is 2.36. The minimum atomic E-state index is -3.92. The predicted molar refractivity (Wildman–Crippen MR) is 167 cm³/mol. The minimum absolute atomic E-state index is 0.0425. The van der Waals surface area contributed by atoms with Crippen molar-refractivity contribution >= 4 is 38.2 Å². The summed E-state index contributed by atoms with van der Waals surface area (Å²) in [4.78, 5) is 27.0. The molecule has 4 aromatic rings. The maximum Gasteiger partial charge on any atom is 0.286 e. The Morgan fingerprint density at radius 2 is 1.74 bits per heavy atom. The number of aromatic nitrogens is 1. The van der Waals surface area contributed by atoms with Crippen LogP contribution in [-0.2, 0) is 16.4 Å². The molecule has 0 spiro atoms. The second-order valence-corrected chi connectivity index (χ2v) is 13.4. The third-order valence-corrected chi connectivity index (χ3v) is 10.3. The van der Waals surface area contributed by atoms with E-state index in [1.807, 2.05) is 29.3 Å². The summed E-state index contributed by atoms with van der Waals surface area (Å²) in [5, 5.41) is 2.70. The number of carbonyl (C=O) groups excluding carboxylic acids is 1. The molecule has 10 nitrogen and oxygen atoms in total. The van der Waals surface area contributed by atoms with E-state index >= 15 is 0 Å². The maximum absolute atomic E-state index is 14.3. The Balaban J connectivity index is 1.10. The smallest absolute Gasteiger partial charge is 0.286 e. The Bertz CT molecular complexity index is 1730. The molecule has 0 radical (unpaired) electrons. The van der Waals surface area contributed by atoms with Crippen LogP contribution in [0.3, 0.4) is 0 Å². The van der Waals surface area contributed by atoms with E-state index in [1.54, 1.807) is 11.9 Å². The van der Waals surface area contributed by atoms with Gasteiger partial charge in [-0.25, -0.2) is 13.4 Å². The minimum Gasteiger partial charge on any atom is -0.448 e. The molecule has 3 aliphatic heterocycles. The average molecular weight is 603 g/mol. The summed E-state index contributed by atoms with van der Waals surface area (Å²) in [6.45, 7) is 7.35. The molecule has 5 heterocycles. The zero-order valence-electron chi connectivity index (χ0n) is 24.5. The summed E-state index contributed by atoms with van der Waals surface area (Å²) >= 11 is 0. The molecule has 226 valence electrons. The summed E-state index contributed by atoms with van der Waals surface area (Å²) in [7, 11) is -3.92. The number of nitrogens with zero attached hydrogens (tertiary/aromatic N) is 4. The van der Waals surface area contributed by atoms with Crippen molar-refractivity contribution in [2.75, 3.05) is 55.6 Å². The van der Waals surface area contributed by atoms with Gasteiger partial charge in [0, 0.05) is 80.4 Å². The number of anilines is 2. The maximum atomic E-state index is 14.3. The number of fused-ring (bicyclic) bond motifs is 2. The lowest BCUT2D eigenvalue weighted by Gasteiger charge is -2.42. The van der Waals surface area contributed by atoms with E-state index in [0.29, 0.717) is 18.8 Å². The standard InChI is InChI=1S/C32H38N6O4S/c1-23-27(21-31(42-23)43(40,41)34-37-15-4-5-16-37)32(39)38-25(12-11-24-7-2-3-9-29(24)38)22-35-17-19-36(20-18-35)30-10-6-8-28-26(30)13-14-33-28/h2-3,6-10,13-14,21,25,33-34H,4-5,11-12,15-20,22H2,1H3. The Morgan fingerprint density at radius 3 is 2.56 bits per heavy atom. The third kappa shape index (κ3) is 5.46. The van der Waals surface area contributed by atoms with E-state index in [9.17, 15) is 13.2 Å². The van der Waals surface area contributed by atoms with Crippen LogP contribution in [0, 0.1) is 6.92 Å². The highest BCUT2D eigenvalue weighted by atomic mass is 32.2. The number of hydrogen-bond acceptors (Lipinski definition) is 7. The van der Waals surface area contributed by atoms with Gasteiger partial charge in [0.05, 0.1) is 11.6 Å². The van der Waals surface area contributed by atoms with Gasteiger partial charge >= 0.3 is 0 Å². The number of benzene rings is 2. The number of furan rings is 1. The second-order valence-electron chi connectivity index (χ2n) is 11.8. The van der Waals surface area contributed by atoms with Crippen molar-refractivity contribution in [1.82, 2.24) is 19.7 Å². The molecule has 2 saturated heterocycles. The van der Waals surface area contributed by atoms with Gasteiger partial charge < -0.3 is 19.2 Å². The molecule has 7 rings (SSSR count). The topological polar surface area (TPSA) is 105 Å². The number of aromatic amines is 1. The molecule has 2 N–H and O–H groups in total. The lowest BCUT2D eigenvalue weighted by atomic mass is 9.94. The van der Waals surface area contributed by atoms with Crippen LogP contribution in [0.4, 0.5) is 11.4 Å². The van der Waals surface area contributed by atoms with Gasteiger partial charge in [0.2, 0.25) is 5.09 Å². The molecular weight excluding hydrogens is 564 g/mol. The number of hydrazine groups is 1. The van der Waals surface area contributed by atoms with Crippen molar-refractivity contribution < 1.29 is 17.6 Å². The number of carbonyl (C=O) groups is 1. The van der Waals surface area contributed by atoms with Gasteiger partial charge in [0.25, 0.3) is 15.9 Å². The molecular formula is C32H38N6O4S. The Labute approximate surface area is 252 Å². The second kappa shape index (κ2) is 11.5. The number of para-hydroxylation sites is 1. The predicted octanol–water partition coefficient (Wildman–Crippen LogP) is 4.14. The molecule has 11 heteroatoms. The van der Waals surface area contributed by atoms with Crippen LogP contribution < -0.4 is 14.6 Å². The first-order chi connectivity index (χ1) is 20.9. The number of sulfonamides is 1. The van der Waals surface area contributed by atoms with E-state index in [0.717, 1.165) is 75.2 Å². The largest absolute Gasteiger partial charge is 0.448 e. The number of amides is 1. The molecule has 1 amide bonds. The van der Waals surface area contributed by atoms with Crippen molar-refractivity contribution in [3.8, 4) is 0 Å². The highest BCUT2D eigenvalue weighted by Crippen LogP contribution is 2.34. The summed E-state index contributed by atoms with van der Waals surface area (Å²) < 4.78 is 31.9. The fourth-order valence-electron chi connectivity index (χ4n) is 6.82. The SMILES string of the molecule is Cc1oc(S(=O)(=O)NN2CCCC2)cc1C(=O)N1c2ccccc2CCC1CN1CCN(c2cccc3[nH]ccc23)CC1. The zero-order chi connectivity index (χ0) is 29.6. The number of H-pyrrole nitrogens is 1. The van der Waals surface area contributed by atoms with E-state index in [-0.39, 0.29) is 22.6 Å². The Morgan fingerprint density at radius 1 is 0.977 bits per heavy atom. The molecule has 2 aromatic heterocycles. The number of nitrogens with one attached hydrogen (secondary N) is 2. The first kappa shape index (κ1) is 28.1. The first-order valence-corrected chi connectivity index (χ1v) is 16.7. The third-order valence-electron chi connectivity index (χ3n) is 9.08. The lowest BCUT2D eigenvalue weighted by Crippen LogP contribution is -2.54. The average Bonchev–Trinajstić information content (AvgIpc) is 3.78. The molecule has 0 saturated carbocycles. The van der Waals surface area contributed by atoms with Crippen molar-refractivity contribution in [1.29, 1.82) is 0 Å². The quantitative estimate of drug-likeness (QED) is 0.328. The number of rotatable bonds is 7. The molecule has 0 aliphatic carbocycles. The van der Waals surface area contributed by atoms with E-state index in [2.05, 4.69) is 49.9 Å². The van der Waals surface area contributed by atoms with Gasteiger partial charge in [-0.1, -0.05) is 24.3 Å². The van der Waals surface area contributed by atoms with Crippen molar-refractivity contribution in [3.63, 3.8) is 0 Å². The van der Waals surface area contributed by atoms with E-state index < -0.39 is 10.0 Å². The fraction of sp³-hybridized carbons (Fsp3) is 0.406. The van der Waals surface area contributed by atoms with Gasteiger partial charge in [0.1, 0.15) is 5.76 Å². The van der Waals surface area contributed by atoms with Gasteiger partial charge in [-0.3, -0.25) is 9.69 Å². The van der Waals surface area contributed by atoms with Crippen LogP contribution >= 0.6 is 0 Å². The van der Waals surface area contributed by atoms with Crippen molar-refractivity contribution in [3.05, 3.63) is 77.7 Å². The molecule has 0 bridgehead atoms. The van der Waals surface area contributed by atoms with Crippen LogP contribution in [0.1, 0.15) is 40.9 Å². The Kier molecular flexibility index (Phi) is 7.50.